The molecule has 0 aliphatic heterocycles. The monoisotopic (exact) mass is 313 g/mol. The second-order valence-corrected chi connectivity index (χ2v) is 7.90. The molecule has 0 aromatic carbocycles. The Hall–Kier alpha value is -1.70. The molecule has 1 saturated carbocycles. The predicted octanol–water partition coefficient (Wildman–Crippen LogP) is 2.07. The van der Waals surface area contributed by atoms with E-state index in [1.54, 1.807) is 13.0 Å². The minimum absolute atomic E-state index is 0.0155. The van der Waals surface area contributed by atoms with Gasteiger partial charge in [0.05, 0.1) is 10.2 Å². The normalized spacial score (nSPS) is 22.8. The number of anilines is 1. The van der Waals surface area contributed by atoms with Crippen molar-refractivity contribution < 1.29 is 13.3 Å². The van der Waals surface area contributed by atoms with Crippen molar-refractivity contribution in [2.75, 3.05) is 11.6 Å². The van der Waals surface area contributed by atoms with E-state index >= 15 is 0 Å². The lowest BCUT2D eigenvalue weighted by atomic mass is 9.95. The van der Waals surface area contributed by atoms with Crippen molar-refractivity contribution in [3.63, 3.8) is 0 Å². The molecule has 116 valence electrons. The van der Waals surface area contributed by atoms with Gasteiger partial charge in [0.25, 0.3) is 5.69 Å². The summed E-state index contributed by atoms with van der Waals surface area (Å²) < 4.78 is 23.3. The summed E-state index contributed by atoms with van der Waals surface area (Å²) in [5.74, 6) is 0.553. The van der Waals surface area contributed by atoms with Crippen LogP contribution in [0.3, 0.4) is 0 Å². The number of nitro groups is 1. The first-order chi connectivity index (χ1) is 9.77. The minimum Gasteiger partial charge on any atom is -0.367 e. The molecule has 2 atom stereocenters. The molecule has 1 N–H and O–H groups in total. The van der Waals surface area contributed by atoms with Crippen molar-refractivity contribution in [3.05, 3.63) is 27.9 Å². The number of rotatable bonds is 4. The number of hydrogen-bond acceptors (Lipinski definition) is 6. The van der Waals surface area contributed by atoms with Crippen LogP contribution in [-0.4, -0.2) is 35.9 Å². The maximum Gasteiger partial charge on any atom is 0.290 e. The number of nitrogens with one attached hydrogen (secondary N) is 1. The first-order valence-corrected chi connectivity index (χ1v) is 8.79. The zero-order valence-corrected chi connectivity index (χ0v) is 12.9. The smallest absolute Gasteiger partial charge is 0.290 e. The van der Waals surface area contributed by atoms with Crippen molar-refractivity contribution >= 4 is 21.3 Å². The Balaban J connectivity index is 2.08. The maximum absolute atomic E-state index is 11.6. The molecular formula is C13H19N3O4S. The third-order valence-electron chi connectivity index (χ3n) is 3.86. The number of aromatic nitrogens is 1. The third kappa shape index (κ3) is 3.90. The topological polar surface area (TPSA) is 102 Å². The molecule has 8 heteroatoms. The fourth-order valence-corrected chi connectivity index (χ4v) is 3.87. The zero-order chi connectivity index (χ0) is 15.6. The summed E-state index contributed by atoms with van der Waals surface area (Å²) in [6.45, 7) is 1.66. The average Bonchev–Trinajstić information content (AvgIpc) is 2.37. The van der Waals surface area contributed by atoms with E-state index in [0.717, 1.165) is 12.8 Å². The van der Waals surface area contributed by atoms with Gasteiger partial charge in [-0.15, -0.1) is 0 Å². The van der Waals surface area contributed by atoms with Gasteiger partial charge in [0.15, 0.2) is 0 Å². The van der Waals surface area contributed by atoms with Gasteiger partial charge in [-0.05, 0) is 32.3 Å². The Labute approximate surface area is 123 Å². The van der Waals surface area contributed by atoms with Crippen molar-refractivity contribution in [3.8, 4) is 0 Å². The number of aryl methyl sites for hydroxylation is 1. The predicted molar refractivity (Wildman–Crippen MR) is 80.1 cm³/mol. The Morgan fingerprint density at radius 2 is 2.14 bits per heavy atom. The summed E-state index contributed by atoms with van der Waals surface area (Å²) in [5, 5.41) is 13.6. The number of pyridine rings is 1. The molecule has 0 amide bonds. The van der Waals surface area contributed by atoms with Crippen molar-refractivity contribution in [2.24, 2.45) is 0 Å². The van der Waals surface area contributed by atoms with Gasteiger partial charge in [0, 0.05) is 17.9 Å². The van der Waals surface area contributed by atoms with E-state index in [1.165, 1.54) is 12.5 Å². The van der Waals surface area contributed by atoms with Gasteiger partial charge in [-0.1, -0.05) is 6.42 Å². The standard InChI is InChI=1S/C13H19N3O4S/c1-9-6-13(14-8-12(9)16(17)18)15-10-4-3-5-11(7-10)21(2,19)20/h6,8,10-11H,3-5,7H2,1-2H3,(H,14,15). The molecule has 1 aromatic rings. The van der Waals surface area contributed by atoms with E-state index in [1.807, 2.05) is 0 Å². The lowest BCUT2D eigenvalue weighted by Gasteiger charge is -2.29. The first-order valence-electron chi connectivity index (χ1n) is 6.84. The lowest BCUT2D eigenvalue weighted by Crippen LogP contribution is -2.34. The zero-order valence-electron chi connectivity index (χ0n) is 12.1. The van der Waals surface area contributed by atoms with Crippen molar-refractivity contribution in [2.45, 2.75) is 43.9 Å². The fraction of sp³-hybridized carbons (Fsp3) is 0.615. The summed E-state index contributed by atoms with van der Waals surface area (Å²) in [7, 11) is -3.03. The lowest BCUT2D eigenvalue weighted by molar-refractivity contribution is -0.385. The van der Waals surface area contributed by atoms with Crippen LogP contribution in [0.25, 0.3) is 0 Å². The van der Waals surface area contributed by atoms with Gasteiger partial charge in [0.2, 0.25) is 0 Å². The fourth-order valence-electron chi connectivity index (χ4n) is 2.69. The highest BCUT2D eigenvalue weighted by Crippen LogP contribution is 2.27. The number of sulfone groups is 1. The summed E-state index contributed by atoms with van der Waals surface area (Å²) in [6, 6.07) is 1.66. The minimum atomic E-state index is -3.03. The van der Waals surface area contributed by atoms with Crippen LogP contribution < -0.4 is 5.32 Å². The molecule has 1 aliphatic rings. The van der Waals surface area contributed by atoms with E-state index in [9.17, 15) is 18.5 Å². The van der Waals surface area contributed by atoms with E-state index in [2.05, 4.69) is 10.3 Å². The molecule has 7 nitrogen and oxygen atoms in total. The van der Waals surface area contributed by atoms with Crippen LogP contribution in [0, 0.1) is 17.0 Å². The van der Waals surface area contributed by atoms with Crippen LogP contribution in [0.4, 0.5) is 11.5 Å². The SMILES string of the molecule is Cc1cc(NC2CCCC(S(C)(=O)=O)C2)ncc1[N+](=O)[O-]. The Morgan fingerprint density at radius 1 is 1.43 bits per heavy atom. The summed E-state index contributed by atoms with van der Waals surface area (Å²) in [6.07, 6.45) is 5.48. The molecule has 2 rings (SSSR count). The van der Waals surface area contributed by atoms with Gasteiger partial charge in [0.1, 0.15) is 21.9 Å². The van der Waals surface area contributed by atoms with Gasteiger partial charge < -0.3 is 5.32 Å². The molecule has 2 unspecified atom stereocenters. The van der Waals surface area contributed by atoms with E-state index < -0.39 is 14.8 Å². The number of hydrogen-bond donors (Lipinski definition) is 1. The molecule has 1 aromatic heterocycles. The third-order valence-corrected chi connectivity index (χ3v) is 5.50. The quantitative estimate of drug-likeness (QED) is 0.674. The molecule has 1 aliphatic carbocycles. The van der Waals surface area contributed by atoms with Gasteiger partial charge in [-0.3, -0.25) is 10.1 Å². The van der Waals surface area contributed by atoms with E-state index in [0.29, 0.717) is 24.2 Å². The largest absolute Gasteiger partial charge is 0.367 e. The Kier molecular flexibility index (Phi) is 4.46. The number of nitrogens with zero attached hydrogens (tertiary/aromatic N) is 2. The van der Waals surface area contributed by atoms with Crippen molar-refractivity contribution in [1.29, 1.82) is 0 Å². The highest BCUT2D eigenvalue weighted by molar-refractivity contribution is 7.91. The Bertz CT molecular complexity index is 645. The summed E-state index contributed by atoms with van der Waals surface area (Å²) in [4.78, 5) is 14.3. The molecular weight excluding hydrogens is 294 g/mol. The molecule has 0 bridgehead atoms. The van der Waals surface area contributed by atoms with E-state index in [-0.39, 0.29) is 17.0 Å². The van der Waals surface area contributed by atoms with Crippen LogP contribution in [0.2, 0.25) is 0 Å². The van der Waals surface area contributed by atoms with Crippen LogP contribution >= 0.6 is 0 Å². The first kappa shape index (κ1) is 15.7. The molecule has 21 heavy (non-hydrogen) atoms. The van der Waals surface area contributed by atoms with Crippen molar-refractivity contribution in [1.82, 2.24) is 4.98 Å². The maximum atomic E-state index is 11.6. The summed E-state index contributed by atoms with van der Waals surface area (Å²) >= 11 is 0. The highest BCUT2D eigenvalue weighted by atomic mass is 32.2. The van der Waals surface area contributed by atoms with Gasteiger partial charge in [-0.25, -0.2) is 13.4 Å². The second-order valence-electron chi connectivity index (χ2n) is 5.57. The van der Waals surface area contributed by atoms with E-state index in [4.69, 9.17) is 0 Å². The molecule has 0 spiro atoms. The summed E-state index contributed by atoms with van der Waals surface area (Å²) in [5.41, 5.74) is 0.520. The van der Waals surface area contributed by atoms with Gasteiger partial charge in [-0.2, -0.15) is 0 Å². The highest BCUT2D eigenvalue weighted by Gasteiger charge is 2.29. The molecule has 1 fully saturated rings. The van der Waals surface area contributed by atoms with Gasteiger partial charge >= 0.3 is 0 Å². The van der Waals surface area contributed by atoms with Crippen LogP contribution in [-0.2, 0) is 9.84 Å². The van der Waals surface area contributed by atoms with Crippen LogP contribution in [0.1, 0.15) is 31.2 Å². The molecule has 0 radical (unpaired) electrons. The molecule has 0 saturated heterocycles. The van der Waals surface area contributed by atoms with Crippen LogP contribution in [0.15, 0.2) is 12.3 Å². The average molecular weight is 313 g/mol. The Morgan fingerprint density at radius 3 is 2.71 bits per heavy atom. The van der Waals surface area contributed by atoms with Crippen LogP contribution in [0.5, 0.6) is 0 Å². The second kappa shape index (κ2) is 5.97. The molecule has 1 heterocycles.